The first-order valence-electron chi connectivity index (χ1n) is 7.63. The van der Waals surface area contributed by atoms with Crippen molar-refractivity contribution in [1.29, 1.82) is 0 Å². The van der Waals surface area contributed by atoms with Gasteiger partial charge < -0.3 is 10.3 Å². The maximum Gasteiger partial charge on any atom is 0.251 e. The standard InChI is InChI=1S/C17H20N2O2/c20-16(18-14-6-2-3-7-14)10-9-13-11-12-5-1-4-8-15(12)19-17(13)21/h1,4-5,8,11,14H,2-3,6-7,9-10H2,(H,18,20)(H,19,21). The van der Waals surface area contributed by atoms with Crippen molar-refractivity contribution in [3.8, 4) is 0 Å². The van der Waals surface area contributed by atoms with Crippen molar-refractivity contribution in [3.63, 3.8) is 0 Å². The molecule has 1 aliphatic carbocycles. The molecule has 1 saturated carbocycles. The van der Waals surface area contributed by atoms with Crippen molar-refractivity contribution >= 4 is 16.8 Å². The average Bonchev–Trinajstić information content (AvgIpc) is 2.98. The third kappa shape index (κ3) is 3.32. The Morgan fingerprint density at radius 2 is 2.00 bits per heavy atom. The number of amides is 1. The Labute approximate surface area is 123 Å². The number of aromatic amines is 1. The molecule has 2 aromatic rings. The fourth-order valence-corrected chi connectivity index (χ4v) is 3.00. The minimum Gasteiger partial charge on any atom is -0.353 e. The molecule has 3 rings (SSSR count). The van der Waals surface area contributed by atoms with Crippen molar-refractivity contribution in [1.82, 2.24) is 10.3 Å². The summed E-state index contributed by atoms with van der Waals surface area (Å²) in [7, 11) is 0. The van der Waals surface area contributed by atoms with Crippen molar-refractivity contribution in [2.24, 2.45) is 0 Å². The van der Waals surface area contributed by atoms with Crippen molar-refractivity contribution in [3.05, 3.63) is 46.2 Å². The third-order valence-electron chi connectivity index (χ3n) is 4.17. The first-order chi connectivity index (χ1) is 10.2. The van der Waals surface area contributed by atoms with Crippen LogP contribution in [0.1, 0.15) is 37.7 Å². The van der Waals surface area contributed by atoms with Gasteiger partial charge in [-0.05, 0) is 36.8 Å². The zero-order chi connectivity index (χ0) is 14.7. The molecule has 0 unspecified atom stereocenters. The minimum absolute atomic E-state index is 0.0504. The zero-order valence-electron chi connectivity index (χ0n) is 12.0. The summed E-state index contributed by atoms with van der Waals surface area (Å²) in [5, 5.41) is 4.06. The molecule has 1 heterocycles. The van der Waals surface area contributed by atoms with Gasteiger partial charge >= 0.3 is 0 Å². The number of pyridine rings is 1. The fourth-order valence-electron chi connectivity index (χ4n) is 3.00. The van der Waals surface area contributed by atoms with Gasteiger partial charge in [-0.25, -0.2) is 0 Å². The van der Waals surface area contributed by atoms with Gasteiger partial charge in [0.15, 0.2) is 0 Å². The number of hydrogen-bond donors (Lipinski definition) is 2. The van der Waals surface area contributed by atoms with E-state index >= 15 is 0 Å². The predicted molar refractivity (Wildman–Crippen MR) is 83.3 cm³/mol. The maximum atomic E-state index is 12.0. The van der Waals surface area contributed by atoms with Crippen LogP contribution in [-0.4, -0.2) is 16.9 Å². The van der Waals surface area contributed by atoms with Crippen LogP contribution in [0.2, 0.25) is 0 Å². The van der Waals surface area contributed by atoms with Crippen LogP contribution in [0.15, 0.2) is 35.1 Å². The first-order valence-corrected chi connectivity index (χ1v) is 7.63. The third-order valence-corrected chi connectivity index (χ3v) is 4.17. The van der Waals surface area contributed by atoms with E-state index in [1.807, 2.05) is 30.3 Å². The van der Waals surface area contributed by atoms with E-state index in [-0.39, 0.29) is 11.5 Å². The lowest BCUT2D eigenvalue weighted by Crippen LogP contribution is -2.33. The summed E-state index contributed by atoms with van der Waals surface area (Å²) in [5.41, 5.74) is 1.42. The lowest BCUT2D eigenvalue weighted by molar-refractivity contribution is -0.121. The molecule has 4 nitrogen and oxygen atoms in total. The van der Waals surface area contributed by atoms with Crippen molar-refractivity contribution < 1.29 is 4.79 Å². The molecule has 0 bridgehead atoms. The Hall–Kier alpha value is -2.10. The number of carbonyl (C=O) groups excluding carboxylic acids is 1. The number of carbonyl (C=O) groups is 1. The summed E-state index contributed by atoms with van der Waals surface area (Å²) in [6, 6.07) is 9.91. The predicted octanol–water partition coefficient (Wildman–Crippen LogP) is 2.52. The molecular formula is C17H20N2O2. The lowest BCUT2D eigenvalue weighted by Gasteiger charge is -2.11. The fraction of sp³-hybridized carbons (Fsp3) is 0.412. The molecular weight excluding hydrogens is 264 g/mol. The molecule has 4 heteroatoms. The molecule has 0 spiro atoms. The number of nitrogens with one attached hydrogen (secondary N) is 2. The van der Waals surface area contributed by atoms with Gasteiger partial charge in [-0.1, -0.05) is 31.0 Å². The van der Waals surface area contributed by atoms with Gasteiger partial charge in [0.2, 0.25) is 5.91 Å². The van der Waals surface area contributed by atoms with Crippen LogP contribution in [0, 0.1) is 0 Å². The highest BCUT2D eigenvalue weighted by Gasteiger charge is 2.17. The summed E-state index contributed by atoms with van der Waals surface area (Å²) in [6.07, 6.45) is 5.44. The number of benzene rings is 1. The van der Waals surface area contributed by atoms with Gasteiger partial charge in [0.25, 0.3) is 5.56 Å². The molecule has 21 heavy (non-hydrogen) atoms. The number of para-hydroxylation sites is 1. The van der Waals surface area contributed by atoms with Crippen LogP contribution in [0.4, 0.5) is 0 Å². The number of aromatic nitrogens is 1. The summed E-state index contributed by atoms with van der Waals surface area (Å²) >= 11 is 0. The molecule has 2 N–H and O–H groups in total. The van der Waals surface area contributed by atoms with E-state index in [4.69, 9.17) is 0 Å². The molecule has 110 valence electrons. The number of aryl methyl sites for hydroxylation is 1. The largest absolute Gasteiger partial charge is 0.353 e. The number of hydrogen-bond acceptors (Lipinski definition) is 2. The number of H-pyrrole nitrogens is 1. The summed E-state index contributed by atoms with van der Waals surface area (Å²) < 4.78 is 0. The summed E-state index contributed by atoms with van der Waals surface area (Å²) in [5.74, 6) is 0.0504. The maximum absolute atomic E-state index is 12.0. The Morgan fingerprint density at radius 1 is 1.24 bits per heavy atom. The Bertz CT molecular complexity index is 699. The first kappa shape index (κ1) is 13.9. The smallest absolute Gasteiger partial charge is 0.251 e. The topological polar surface area (TPSA) is 62.0 Å². The van der Waals surface area contributed by atoms with E-state index in [9.17, 15) is 9.59 Å². The quantitative estimate of drug-likeness (QED) is 0.906. The highest BCUT2D eigenvalue weighted by atomic mass is 16.1. The number of rotatable bonds is 4. The van der Waals surface area contributed by atoms with E-state index < -0.39 is 0 Å². The molecule has 0 atom stereocenters. The lowest BCUT2D eigenvalue weighted by atomic mass is 10.1. The molecule has 0 saturated heterocycles. The van der Waals surface area contributed by atoms with Gasteiger partial charge in [-0.3, -0.25) is 9.59 Å². The SMILES string of the molecule is O=C(CCc1cc2ccccc2[nH]c1=O)NC1CCCC1. The highest BCUT2D eigenvalue weighted by Crippen LogP contribution is 2.17. The highest BCUT2D eigenvalue weighted by molar-refractivity contribution is 5.79. The van der Waals surface area contributed by atoms with E-state index in [0.717, 1.165) is 23.7 Å². The molecule has 0 aliphatic heterocycles. The van der Waals surface area contributed by atoms with Crippen LogP contribution in [0.25, 0.3) is 10.9 Å². The van der Waals surface area contributed by atoms with E-state index in [1.165, 1.54) is 12.8 Å². The average molecular weight is 284 g/mol. The second kappa shape index (κ2) is 6.12. The van der Waals surface area contributed by atoms with E-state index in [1.54, 1.807) is 0 Å². The summed E-state index contributed by atoms with van der Waals surface area (Å²) in [6.45, 7) is 0. The Balaban J connectivity index is 1.65. The van der Waals surface area contributed by atoms with Crippen LogP contribution < -0.4 is 10.9 Å². The molecule has 0 radical (unpaired) electrons. The van der Waals surface area contributed by atoms with Gasteiger partial charge in [0.1, 0.15) is 0 Å². The molecule has 1 aromatic heterocycles. The Morgan fingerprint density at radius 3 is 2.81 bits per heavy atom. The van der Waals surface area contributed by atoms with Crippen molar-refractivity contribution in [2.45, 2.75) is 44.6 Å². The molecule has 1 fully saturated rings. The van der Waals surface area contributed by atoms with Gasteiger partial charge in [-0.15, -0.1) is 0 Å². The molecule has 1 amide bonds. The zero-order valence-corrected chi connectivity index (χ0v) is 12.0. The van der Waals surface area contributed by atoms with Crippen LogP contribution in [0.5, 0.6) is 0 Å². The molecule has 1 aromatic carbocycles. The van der Waals surface area contributed by atoms with Gasteiger partial charge in [0, 0.05) is 23.5 Å². The van der Waals surface area contributed by atoms with E-state index in [0.29, 0.717) is 24.4 Å². The second-order valence-corrected chi connectivity index (χ2v) is 5.76. The van der Waals surface area contributed by atoms with Gasteiger partial charge in [0.05, 0.1) is 0 Å². The van der Waals surface area contributed by atoms with Crippen LogP contribution >= 0.6 is 0 Å². The Kier molecular flexibility index (Phi) is 4.04. The van der Waals surface area contributed by atoms with Gasteiger partial charge in [-0.2, -0.15) is 0 Å². The monoisotopic (exact) mass is 284 g/mol. The molecule has 1 aliphatic rings. The van der Waals surface area contributed by atoms with Crippen molar-refractivity contribution in [2.75, 3.05) is 0 Å². The van der Waals surface area contributed by atoms with Crippen LogP contribution in [-0.2, 0) is 11.2 Å². The summed E-state index contributed by atoms with van der Waals surface area (Å²) in [4.78, 5) is 26.8. The van der Waals surface area contributed by atoms with E-state index in [2.05, 4.69) is 10.3 Å². The second-order valence-electron chi connectivity index (χ2n) is 5.76. The normalized spacial score (nSPS) is 15.4. The minimum atomic E-state index is -0.0950. The van der Waals surface area contributed by atoms with Crippen LogP contribution in [0.3, 0.4) is 0 Å². The number of fused-ring (bicyclic) bond motifs is 1.